The van der Waals surface area contributed by atoms with E-state index in [1.165, 1.54) is 19.2 Å². The SMILES string of the molecule is CNC(=O)NC(=NC(c1ccc(C(F)(F)F)cc1)C(C)(C)C)C(C=O)=C(N)CO. The number of carbonyl (C=O) groups excluding carboxylic acids is 2. The Labute approximate surface area is 166 Å². The van der Waals surface area contributed by atoms with Crippen LogP contribution in [0.25, 0.3) is 0 Å². The van der Waals surface area contributed by atoms with Crippen LogP contribution in [0, 0.1) is 5.41 Å². The van der Waals surface area contributed by atoms with Crippen LogP contribution in [0.15, 0.2) is 40.5 Å². The zero-order chi connectivity index (χ0) is 22.4. The lowest BCUT2D eigenvalue weighted by Crippen LogP contribution is -2.40. The summed E-state index contributed by atoms with van der Waals surface area (Å²) in [5.41, 5.74) is 4.25. The van der Waals surface area contributed by atoms with Crippen LogP contribution in [-0.4, -0.2) is 36.9 Å². The monoisotopic (exact) mass is 414 g/mol. The first-order valence-corrected chi connectivity index (χ1v) is 8.63. The molecule has 0 saturated carbocycles. The molecule has 0 aromatic heterocycles. The van der Waals surface area contributed by atoms with Crippen molar-refractivity contribution in [1.82, 2.24) is 10.6 Å². The minimum absolute atomic E-state index is 0.203. The first-order valence-electron chi connectivity index (χ1n) is 8.63. The molecule has 1 aromatic carbocycles. The molecule has 1 aromatic rings. The molecule has 29 heavy (non-hydrogen) atoms. The fourth-order valence-electron chi connectivity index (χ4n) is 2.46. The molecule has 0 heterocycles. The Morgan fingerprint density at radius 2 is 1.79 bits per heavy atom. The number of hydrogen-bond donors (Lipinski definition) is 4. The van der Waals surface area contributed by atoms with Crippen LogP contribution in [0.1, 0.15) is 37.9 Å². The molecule has 1 unspecified atom stereocenters. The van der Waals surface area contributed by atoms with Gasteiger partial charge in [-0.05, 0) is 23.1 Å². The van der Waals surface area contributed by atoms with E-state index in [2.05, 4.69) is 15.6 Å². The number of urea groups is 1. The highest BCUT2D eigenvalue weighted by molar-refractivity contribution is 6.18. The third-order valence-electron chi connectivity index (χ3n) is 3.98. The fourth-order valence-corrected chi connectivity index (χ4v) is 2.46. The summed E-state index contributed by atoms with van der Waals surface area (Å²) < 4.78 is 38.6. The number of alkyl halides is 3. The van der Waals surface area contributed by atoms with Crippen molar-refractivity contribution in [3.8, 4) is 0 Å². The van der Waals surface area contributed by atoms with Gasteiger partial charge in [-0.1, -0.05) is 32.9 Å². The molecule has 0 aliphatic carbocycles. The number of hydrogen-bond acceptors (Lipinski definition) is 5. The number of amides is 2. The Morgan fingerprint density at radius 1 is 1.24 bits per heavy atom. The summed E-state index contributed by atoms with van der Waals surface area (Å²) in [5.74, 6) is -0.203. The van der Waals surface area contributed by atoms with Gasteiger partial charge in [-0.2, -0.15) is 13.2 Å². The molecule has 0 saturated heterocycles. The second-order valence-corrected chi connectivity index (χ2v) is 7.29. The molecule has 0 aliphatic heterocycles. The van der Waals surface area contributed by atoms with Crippen molar-refractivity contribution < 1.29 is 27.9 Å². The average molecular weight is 414 g/mol. The zero-order valence-electron chi connectivity index (χ0n) is 16.6. The van der Waals surface area contributed by atoms with E-state index < -0.39 is 35.8 Å². The molecular formula is C19H25F3N4O3. The van der Waals surface area contributed by atoms with Gasteiger partial charge in [-0.25, -0.2) is 4.79 Å². The molecule has 0 aliphatic rings. The van der Waals surface area contributed by atoms with E-state index in [9.17, 15) is 27.9 Å². The maximum absolute atomic E-state index is 12.9. The summed E-state index contributed by atoms with van der Waals surface area (Å²) in [4.78, 5) is 27.7. The van der Waals surface area contributed by atoms with Crippen LogP contribution in [-0.2, 0) is 11.0 Å². The summed E-state index contributed by atoms with van der Waals surface area (Å²) in [6, 6.07) is 3.04. The van der Waals surface area contributed by atoms with E-state index in [0.29, 0.717) is 11.8 Å². The standard InChI is InChI=1S/C19H25F3N4O3/c1-18(2,3)15(11-5-7-12(8-6-11)19(20,21)22)25-16(26-17(29)24-4)13(9-27)14(23)10-28/h5-9,15,28H,10,23H2,1-4H3,(H2,24,25,26,29). The first kappa shape index (κ1) is 24.2. The van der Waals surface area contributed by atoms with E-state index >= 15 is 0 Å². The molecular weight excluding hydrogens is 389 g/mol. The summed E-state index contributed by atoms with van der Waals surface area (Å²) >= 11 is 0. The van der Waals surface area contributed by atoms with Crippen LogP contribution in [0.5, 0.6) is 0 Å². The number of rotatable bonds is 5. The molecule has 0 radical (unpaired) electrons. The maximum Gasteiger partial charge on any atom is 0.416 e. The predicted octanol–water partition coefficient (Wildman–Crippen LogP) is 2.52. The Balaban J connectivity index is 3.58. The van der Waals surface area contributed by atoms with Gasteiger partial charge in [0.2, 0.25) is 0 Å². The van der Waals surface area contributed by atoms with Crippen LogP contribution in [0.4, 0.5) is 18.0 Å². The van der Waals surface area contributed by atoms with Crippen LogP contribution < -0.4 is 16.4 Å². The van der Waals surface area contributed by atoms with Crippen molar-refractivity contribution in [1.29, 1.82) is 0 Å². The molecule has 2 amide bonds. The van der Waals surface area contributed by atoms with Crippen molar-refractivity contribution >= 4 is 18.2 Å². The number of aliphatic hydroxyl groups excluding tert-OH is 1. The molecule has 1 atom stereocenters. The van der Waals surface area contributed by atoms with Gasteiger partial charge in [0.05, 0.1) is 23.8 Å². The lowest BCUT2D eigenvalue weighted by molar-refractivity contribution is -0.137. The second kappa shape index (κ2) is 9.55. The molecule has 7 nitrogen and oxygen atoms in total. The van der Waals surface area contributed by atoms with Gasteiger partial charge in [0.1, 0.15) is 5.84 Å². The number of nitrogens with two attached hydrogens (primary N) is 1. The number of halogens is 3. The molecule has 10 heteroatoms. The van der Waals surface area contributed by atoms with E-state index in [0.717, 1.165) is 12.1 Å². The maximum atomic E-state index is 12.9. The van der Waals surface area contributed by atoms with Gasteiger partial charge in [0.25, 0.3) is 0 Å². The highest BCUT2D eigenvalue weighted by atomic mass is 19.4. The Morgan fingerprint density at radius 3 is 2.17 bits per heavy atom. The Kier molecular flexibility index (Phi) is 7.96. The highest BCUT2D eigenvalue weighted by Gasteiger charge is 2.32. The van der Waals surface area contributed by atoms with Gasteiger partial charge in [0.15, 0.2) is 6.29 Å². The summed E-state index contributed by atoms with van der Waals surface area (Å²) in [5, 5.41) is 14.0. The number of aldehydes is 1. The predicted molar refractivity (Wildman–Crippen MR) is 103 cm³/mol. The quantitative estimate of drug-likeness (QED) is 0.256. The van der Waals surface area contributed by atoms with E-state index in [-0.39, 0.29) is 17.1 Å². The number of amidine groups is 1. The number of carbonyl (C=O) groups is 2. The first-order chi connectivity index (χ1) is 13.3. The van der Waals surface area contributed by atoms with Gasteiger partial charge in [0, 0.05) is 12.7 Å². The van der Waals surface area contributed by atoms with E-state index in [4.69, 9.17) is 5.73 Å². The number of nitrogens with one attached hydrogen (secondary N) is 2. The minimum atomic E-state index is -4.48. The average Bonchev–Trinajstić information content (AvgIpc) is 2.64. The molecule has 0 fully saturated rings. The third kappa shape index (κ3) is 6.60. The summed E-state index contributed by atoms with van der Waals surface area (Å²) in [6.45, 7) is 4.76. The molecule has 1 rings (SSSR count). The molecule has 0 bridgehead atoms. The number of benzene rings is 1. The Bertz CT molecular complexity index is 794. The summed E-state index contributed by atoms with van der Waals surface area (Å²) in [7, 11) is 1.35. The van der Waals surface area contributed by atoms with E-state index in [1.54, 1.807) is 20.8 Å². The Hall–Kier alpha value is -2.88. The third-order valence-corrected chi connectivity index (χ3v) is 3.98. The molecule has 5 N–H and O–H groups in total. The largest absolute Gasteiger partial charge is 0.416 e. The van der Waals surface area contributed by atoms with Crippen molar-refractivity contribution in [2.75, 3.05) is 13.7 Å². The minimum Gasteiger partial charge on any atom is -0.399 e. The smallest absolute Gasteiger partial charge is 0.399 e. The van der Waals surface area contributed by atoms with Crippen molar-refractivity contribution in [3.63, 3.8) is 0 Å². The zero-order valence-corrected chi connectivity index (χ0v) is 16.6. The van der Waals surface area contributed by atoms with Crippen molar-refractivity contribution in [2.45, 2.75) is 33.0 Å². The fraction of sp³-hybridized carbons (Fsp3) is 0.421. The number of aliphatic imine (C=N–C) groups is 1. The lowest BCUT2D eigenvalue weighted by atomic mass is 9.82. The van der Waals surface area contributed by atoms with Gasteiger partial charge < -0.3 is 16.2 Å². The molecule has 160 valence electrons. The topological polar surface area (TPSA) is 117 Å². The van der Waals surface area contributed by atoms with Crippen LogP contribution in [0.2, 0.25) is 0 Å². The number of nitrogens with zero attached hydrogens (tertiary/aromatic N) is 1. The lowest BCUT2D eigenvalue weighted by Gasteiger charge is -2.29. The van der Waals surface area contributed by atoms with Crippen molar-refractivity contribution in [2.24, 2.45) is 16.1 Å². The van der Waals surface area contributed by atoms with Crippen LogP contribution in [0.3, 0.4) is 0 Å². The van der Waals surface area contributed by atoms with Crippen molar-refractivity contribution in [3.05, 3.63) is 46.7 Å². The van der Waals surface area contributed by atoms with Gasteiger partial charge >= 0.3 is 12.2 Å². The van der Waals surface area contributed by atoms with Gasteiger partial charge in [-0.15, -0.1) is 0 Å². The number of aliphatic hydroxyl groups is 1. The normalized spacial score (nSPS) is 14.7. The summed E-state index contributed by atoms with van der Waals surface area (Å²) in [6.07, 6.45) is -4.14. The van der Waals surface area contributed by atoms with Gasteiger partial charge in [-0.3, -0.25) is 15.1 Å². The molecule has 0 spiro atoms. The highest BCUT2D eigenvalue weighted by Crippen LogP contribution is 2.38. The second-order valence-electron chi connectivity index (χ2n) is 7.29. The van der Waals surface area contributed by atoms with E-state index in [1.807, 2.05) is 0 Å². The van der Waals surface area contributed by atoms with Crippen LogP contribution >= 0.6 is 0 Å².